The summed E-state index contributed by atoms with van der Waals surface area (Å²) in [5, 5.41) is 9.30. The van der Waals surface area contributed by atoms with Crippen molar-refractivity contribution in [3.8, 4) is 5.75 Å². The van der Waals surface area contributed by atoms with E-state index in [0.29, 0.717) is 17.0 Å². The zero-order valence-electron chi connectivity index (χ0n) is 13.4. The summed E-state index contributed by atoms with van der Waals surface area (Å²) in [6.07, 6.45) is 11.4. The van der Waals surface area contributed by atoms with E-state index in [-0.39, 0.29) is 11.5 Å². The Labute approximate surface area is 136 Å². The molecule has 1 aromatic heterocycles. The molecule has 4 heteroatoms. The van der Waals surface area contributed by atoms with Crippen molar-refractivity contribution in [1.82, 2.24) is 4.98 Å². The van der Waals surface area contributed by atoms with Gasteiger partial charge in [0.1, 0.15) is 11.5 Å². The van der Waals surface area contributed by atoms with Crippen LogP contribution < -0.4 is 0 Å². The molecule has 0 aliphatic rings. The standard InChI is InChI=1S/C19H21NO3/c1-5-7-8-9-10-16(18(6-2)23-4)19(22)14(3)17-12-11-15(21)13-20-17/h5-14,21H,1-2H2,3-4H3/b8-7-,10-9+,18-16-. The maximum absolute atomic E-state index is 12.8. The van der Waals surface area contributed by atoms with Gasteiger partial charge >= 0.3 is 0 Å². The molecule has 0 saturated heterocycles. The third-order valence-electron chi connectivity index (χ3n) is 3.17. The lowest BCUT2D eigenvalue weighted by Gasteiger charge is -2.13. The predicted octanol–water partition coefficient (Wildman–Crippen LogP) is 3.84. The Bertz CT molecular complexity index is 652. The molecule has 1 unspecified atom stereocenters. The van der Waals surface area contributed by atoms with Crippen LogP contribution in [0, 0.1) is 0 Å². The third-order valence-corrected chi connectivity index (χ3v) is 3.17. The number of hydrogen-bond donors (Lipinski definition) is 1. The van der Waals surface area contributed by atoms with Crippen LogP contribution in [-0.2, 0) is 9.53 Å². The van der Waals surface area contributed by atoms with Crippen molar-refractivity contribution >= 4 is 5.78 Å². The molecule has 23 heavy (non-hydrogen) atoms. The Morgan fingerprint density at radius 2 is 2.04 bits per heavy atom. The van der Waals surface area contributed by atoms with Gasteiger partial charge in [-0.3, -0.25) is 9.78 Å². The number of nitrogens with zero attached hydrogens (tertiary/aromatic N) is 1. The van der Waals surface area contributed by atoms with Crippen molar-refractivity contribution in [2.75, 3.05) is 7.11 Å². The zero-order valence-corrected chi connectivity index (χ0v) is 13.4. The number of carbonyl (C=O) groups is 1. The molecule has 0 aliphatic carbocycles. The Hall–Kier alpha value is -2.88. The maximum Gasteiger partial charge on any atom is 0.175 e. The summed E-state index contributed by atoms with van der Waals surface area (Å²) in [5.74, 6) is -0.182. The summed E-state index contributed by atoms with van der Waals surface area (Å²) in [6, 6.07) is 3.13. The monoisotopic (exact) mass is 311 g/mol. The Morgan fingerprint density at radius 3 is 2.57 bits per heavy atom. The molecule has 4 nitrogen and oxygen atoms in total. The van der Waals surface area contributed by atoms with Gasteiger partial charge < -0.3 is 9.84 Å². The number of pyridine rings is 1. The lowest BCUT2D eigenvalue weighted by Crippen LogP contribution is -2.14. The van der Waals surface area contributed by atoms with Gasteiger partial charge in [0, 0.05) is 0 Å². The Balaban J connectivity index is 3.17. The minimum Gasteiger partial charge on any atom is -0.506 e. The predicted molar refractivity (Wildman–Crippen MR) is 92.0 cm³/mol. The van der Waals surface area contributed by atoms with E-state index in [2.05, 4.69) is 18.1 Å². The molecule has 120 valence electrons. The summed E-state index contributed by atoms with van der Waals surface area (Å²) in [5.41, 5.74) is 0.971. The molecule has 0 fully saturated rings. The summed E-state index contributed by atoms with van der Waals surface area (Å²) < 4.78 is 5.23. The van der Waals surface area contributed by atoms with E-state index >= 15 is 0 Å². The molecular weight excluding hydrogens is 290 g/mol. The van der Waals surface area contributed by atoms with Gasteiger partial charge in [-0.05, 0) is 31.2 Å². The first-order valence-electron chi connectivity index (χ1n) is 7.10. The zero-order chi connectivity index (χ0) is 17.2. The Kier molecular flexibility index (Phi) is 7.27. The number of carbonyl (C=O) groups excluding carboxylic acids is 1. The van der Waals surface area contributed by atoms with Crippen LogP contribution in [0.25, 0.3) is 0 Å². The van der Waals surface area contributed by atoms with Crippen molar-refractivity contribution in [3.63, 3.8) is 0 Å². The number of allylic oxidation sites excluding steroid dienone is 7. The molecule has 0 spiro atoms. The van der Waals surface area contributed by atoms with Gasteiger partial charge in [-0.1, -0.05) is 37.5 Å². The topological polar surface area (TPSA) is 59.4 Å². The highest BCUT2D eigenvalue weighted by Crippen LogP contribution is 2.22. The summed E-state index contributed by atoms with van der Waals surface area (Å²) >= 11 is 0. The van der Waals surface area contributed by atoms with Crippen LogP contribution in [0.15, 0.2) is 79.3 Å². The highest BCUT2D eigenvalue weighted by Gasteiger charge is 2.21. The average Bonchev–Trinajstić information content (AvgIpc) is 2.57. The molecular formula is C19H21NO3. The normalized spacial score (nSPS) is 13.7. The van der Waals surface area contributed by atoms with Crippen molar-refractivity contribution in [1.29, 1.82) is 0 Å². The summed E-state index contributed by atoms with van der Waals surface area (Å²) in [4.78, 5) is 16.9. The fourth-order valence-corrected chi connectivity index (χ4v) is 1.90. The van der Waals surface area contributed by atoms with E-state index in [9.17, 15) is 9.90 Å². The molecule has 1 N–H and O–H groups in total. The first kappa shape index (κ1) is 18.2. The summed E-state index contributed by atoms with van der Waals surface area (Å²) in [6.45, 7) is 9.01. The van der Waals surface area contributed by atoms with Crippen molar-refractivity contribution in [2.24, 2.45) is 0 Å². The molecule has 1 aromatic rings. The second-order valence-corrected chi connectivity index (χ2v) is 4.69. The van der Waals surface area contributed by atoms with Crippen LogP contribution >= 0.6 is 0 Å². The van der Waals surface area contributed by atoms with Gasteiger partial charge in [0.05, 0.1) is 30.5 Å². The van der Waals surface area contributed by atoms with Crippen molar-refractivity contribution < 1.29 is 14.6 Å². The van der Waals surface area contributed by atoms with Gasteiger partial charge in [0.2, 0.25) is 0 Å². The van der Waals surface area contributed by atoms with Crippen LogP contribution in [0.1, 0.15) is 18.5 Å². The third kappa shape index (κ3) is 5.11. The maximum atomic E-state index is 12.8. The average molecular weight is 311 g/mol. The van der Waals surface area contributed by atoms with Gasteiger partial charge in [-0.2, -0.15) is 0 Å². The lowest BCUT2D eigenvalue weighted by molar-refractivity contribution is -0.116. The summed E-state index contributed by atoms with van der Waals surface area (Å²) in [7, 11) is 1.49. The largest absolute Gasteiger partial charge is 0.506 e. The van der Waals surface area contributed by atoms with Gasteiger partial charge in [-0.25, -0.2) is 0 Å². The second-order valence-electron chi connectivity index (χ2n) is 4.69. The molecule has 0 aromatic carbocycles. The molecule has 1 rings (SSSR count). The second kappa shape index (κ2) is 9.20. The van der Waals surface area contributed by atoms with E-state index in [1.165, 1.54) is 25.4 Å². The molecule has 0 saturated carbocycles. The smallest absolute Gasteiger partial charge is 0.175 e. The van der Waals surface area contributed by atoms with Gasteiger partial charge in [0.15, 0.2) is 5.78 Å². The number of aromatic hydroxyl groups is 1. The Morgan fingerprint density at radius 1 is 1.30 bits per heavy atom. The van der Waals surface area contributed by atoms with Crippen molar-refractivity contribution in [2.45, 2.75) is 12.8 Å². The minimum absolute atomic E-state index is 0.0577. The highest BCUT2D eigenvalue weighted by molar-refractivity contribution is 6.03. The van der Waals surface area contributed by atoms with Crippen LogP contribution in [0.5, 0.6) is 5.75 Å². The van der Waals surface area contributed by atoms with Crippen LogP contribution in [-0.4, -0.2) is 23.0 Å². The van der Waals surface area contributed by atoms with Crippen molar-refractivity contribution in [3.05, 3.63) is 85.0 Å². The molecule has 1 heterocycles. The fourth-order valence-electron chi connectivity index (χ4n) is 1.90. The number of methoxy groups -OCH3 is 1. The number of ether oxygens (including phenoxy) is 1. The molecule has 0 radical (unpaired) electrons. The number of rotatable bonds is 8. The molecule has 1 atom stereocenters. The number of aromatic nitrogens is 1. The van der Waals surface area contributed by atoms with E-state index in [1.54, 1.807) is 43.4 Å². The van der Waals surface area contributed by atoms with Crippen LogP contribution in [0.2, 0.25) is 0 Å². The van der Waals surface area contributed by atoms with E-state index in [0.717, 1.165) is 0 Å². The SMILES string of the molecule is C=C\C=C/C=C/C(C(=O)C(C)c1ccc(O)cn1)=C(\C=C)OC. The molecule has 0 bridgehead atoms. The minimum atomic E-state index is -0.483. The van der Waals surface area contributed by atoms with Gasteiger partial charge in [0.25, 0.3) is 0 Å². The number of ketones is 1. The van der Waals surface area contributed by atoms with E-state index in [4.69, 9.17) is 4.74 Å². The lowest BCUT2D eigenvalue weighted by atomic mass is 9.94. The fraction of sp³-hybridized carbons (Fsp3) is 0.158. The molecule has 0 amide bonds. The van der Waals surface area contributed by atoms with Gasteiger partial charge in [-0.15, -0.1) is 0 Å². The number of Topliss-reactive ketones (excluding diaryl/α,β-unsaturated/α-hetero) is 1. The molecule has 0 aliphatic heterocycles. The van der Waals surface area contributed by atoms with Crippen LogP contribution in [0.3, 0.4) is 0 Å². The first-order chi connectivity index (χ1) is 11.0. The van der Waals surface area contributed by atoms with E-state index in [1.807, 2.05) is 0 Å². The van der Waals surface area contributed by atoms with E-state index < -0.39 is 5.92 Å². The quantitative estimate of drug-likeness (QED) is 0.450. The highest BCUT2D eigenvalue weighted by atomic mass is 16.5. The van der Waals surface area contributed by atoms with Crippen LogP contribution in [0.4, 0.5) is 0 Å². The first-order valence-corrected chi connectivity index (χ1v) is 7.10. The number of hydrogen-bond acceptors (Lipinski definition) is 4.